The molecule has 1 aromatic carbocycles. The fourth-order valence-electron chi connectivity index (χ4n) is 4.47. The molecule has 0 saturated carbocycles. The Bertz CT molecular complexity index is 855. The molecule has 2 aliphatic rings. The van der Waals surface area contributed by atoms with Gasteiger partial charge in [-0.1, -0.05) is 28.4 Å². The van der Waals surface area contributed by atoms with Gasteiger partial charge in [0, 0.05) is 31.2 Å². The molecule has 7 nitrogen and oxygen atoms in total. The number of carbonyl (C=O) groups is 1. The Morgan fingerprint density at radius 3 is 2.54 bits per heavy atom. The molecule has 8 heteroatoms. The molecule has 4 rings (SSSR count). The van der Waals surface area contributed by atoms with Crippen LogP contribution in [0, 0.1) is 11.8 Å². The first-order valence-corrected chi connectivity index (χ1v) is 10.3. The summed E-state index contributed by atoms with van der Waals surface area (Å²) in [5, 5.41) is 3.21. The van der Waals surface area contributed by atoms with Crippen LogP contribution >= 0.6 is 11.6 Å². The number of benzene rings is 1. The van der Waals surface area contributed by atoms with Crippen molar-refractivity contribution in [1.29, 1.82) is 0 Å². The zero-order chi connectivity index (χ0) is 19.5. The van der Waals surface area contributed by atoms with E-state index >= 15 is 0 Å². The Kier molecular flexibility index (Phi) is 5.82. The summed E-state index contributed by atoms with van der Waals surface area (Å²) in [5.41, 5.74) is 0.830. The molecule has 28 heavy (non-hydrogen) atoms. The van der Waals surface area contributed by atoms with Crippen LogP contribution in [0.1, 0.15) is 24.8 Å². The number of likely N-dealkylation sites (tertiary alicyclic amines) is 2. The summed E-state index contributed by atoms with van der Waals surface area (Å²) >= 11 is 5.97. The number of halogens is 1. The Labute approximate surface area is 168 Å². The van der Waals surface area contributed by atoms with Gasteiger partial charge in [0.15, 0.2) is 0 Å². The summed E-state index contributed by atoms with van der Waals surface area (Å²) in [7, 11) is 0. The van der Waals surface area contributed by atoms with Crippen molar-refractivity contribution >= 4 is 17.5 Å². The molecule has 0 aliphatic carbocycles. The number of amides is 1. The maximum atomic E-state index is 12.4. The minimum absolute atomic E-state index is 0.0243. The van der Waals surface area contributed by atoms with Crippen LogP contribution < -0.4 is 10.3 Å². The number of H-pyrrole nitrogens is 1. The molecule has 2 aliphatic heterocycles. The lowest BCUT2D eigenvalue weighted by atomic mass is 9.84. The number of rotatable bonds is 5. The Morgan fingerprint density at radius 1 is 1.14 bits per heavy atom. The van der Waals surface area contributed by atoms with Gasteiger partial charge in [0.05, 0.1) is 0 Å². The quantitative estimate of drug-likeness (QED) is 0.768. The van der Waals surface area contributed by atoms with E-state index in [-0.39, 0.29) is 12.5 Å². The second-order valence-corrected chi connectivity index (χ2v) is 8.33. The van der Waals surface area contributed by atoms with E-state index in [1.807, 2.05) is 17.0 Å². The number of hydrogen-bond acceptors (Lipinski definition) is 4. The van der Waals surface area contributed by atoms with Gasteiger partial charge in [-0.2, -0.15) is 0 Å². The normalized spacial score (nSPS) is 21.3. The fraction of sp³-hybridized carbons (Fsp3) is 0.550. The summed E-state index contributed by atoms with van der Waals surface area (Å²) in [4.78, 5) is 27.9. The van der Waals surface area contributed by atoms with Gasteiger partial charge in [0.1, 0.15) is 0 Å². The van der Waals surface area contributed by atoms with Crippen molar-refractivity contribution in [3.05, 3.63) is 51.5 Å². The summed E-state index contributed by atoms with van der Waals surface area (Å²) in [6.07, 6.45) is 4.60. The van der Waals surface area contributed by atoms with E-state index in [1.165, 1.54) is 22.9 Å². The molecule has 0 spiro atoms. The number of nitrogens with one attached hydrogen (secondary N) is 1. The monoisotopic (exact) mass is 405 g/mol. The van der Waals surface area contributed by atoms with E-state index in [0.29, 0.717) is 11.8 Å². The van der Waals surface area contributed by atoms with Crippen LogP contribution in [0.3, 0.4) is 0 Å². The number of piperidine rings is 1. The molecule has 0 unspecified atom stereocenters. The molecule has 0 radical (unpaired) electrons. The molecule has 2 aromatic rings. The molecule has 3 heterocycles. The lowest BCUT2D eigenvalue weighted by Crippen LogP contribution is -2.48. The number of carbonyl (C=O) groups excluding carboxylic acids is 1. The maximum absolute atomic E-state index is 12.4. The first-order valence-electron chi connectivity index (χ1n) is 9.89. The zero-order valence-electron chi connectivity index (χ0n) is 15.8. The molecule has 1 aromatic heterocycles. The summed E-state index contributed by atoms with van der Waals surface area (Å²) in [6.45, 7) is 4.95. The zero-order valence-corrected chi connectivity index (χ0v) is 16.6. The molecule has 1 atom stereocenters. The summed E-state index contributed by atoms with van der Waals surface area (Å²) in [6, 6.07) is 8.11. The van der Waals surface area contributed by atoms with E-state index in [4.69, 9.17) is 11.6 Å². The van der Waals surface area contributed by atoms with E-state index in [0.717, 1.165) is 50.6 Å². The molecular weight excluding hydrogens is 380 g/mol. The summed E-state index contributed by atoms with van der Waals surface area (Å²) < 4.78 is 5.99. The van der Waals surface area contributed by atoms with Crippen molar-refractivity contribution in [3.8, 4) is 0 Å². The molecule has 2 fully saturated rings. The first-order chi connectivity index (χ1) is 13.6. The largest absolute Gasteiger partial charge is 0.426 e. The van der Waals surface area contributed by atoms with Gasteiger partial charge in [-0.05, 0) is 60.6 Å². The van der Waals surface area contributed by atoms with Crippen LogP contribution in [-0.2, 0) is 17.9 Å². The van der Waals surface area contributed by atoms with Crippen LogP contribution in [-0.4, -0.2) is 47.2 Å². The number of aromatic nitrogens is 2. The predicted molar refractivity (Wildman–Crippen MR) is 104 cm³/mol. The van der Waals surface area contributed by atoms with E-state index < -0.39 is 5.63 Å². The molecule has 0 bridgehead atoms. The van der Waals surface area contributed by atoms with Gasteiger partial charge >= 0.3 is 5.63 Å². The maximum Gasteiger partial charge on any atom is 0.426 e. The molecule has 1 N–H and O–H groups in total. The number of aromatic amines is 1. The second kappa shape index (κ2) is 8.49. The van der Waals surface area contributed by atoms with E-state index in [9.17, 15) is 9.59 Å². The van der Waals surface area contributed by atoms with Crippen molar-refractivity contribution < 1.29 is 14.0 Å². The Morgan fingerprint density at radius 2 is 1.86 bits per heavy atom. The van der Waals surface area contributed by atoms with Gasteiger partial charge < -0.3 is 4.90 Å². The third-order valence-corrected chi connectivity index (χ3v) is 6.27. The first kappa shape index (κ1) is 19.2. The Hall–Kier alpha value is -2.12. The Balaban J connectivity index is 1.23. The second-order valence-electron chi connectivity index (χ2n) is 7.90. The average molecular weight is 406 g/mol. The number of hydrogen-bond donors (Lipinski definition) is 1. The van der Waals surface area contributed by atoms with Gasteiger partial charge in [-0.3, -0.25) is 14.2 Å². The van der Waals surface area contributed by atoms with Crippen LogP contribution in [0.2, 0.25) is 5.02 Å². The van der Waals surface area contributed by atoms with Crippen molar-refractivity contribution in [2.24, 2.45) is 11.8 Å². The third kappa shape index (κ3) is 4.64. The standard InChI is InChI=1S/C20H25ClN4O3/c21-18-3-1-15(2-4-18)11-23-8-5-17(12-23)16-6-9-24(10-7-16)19(26)13-25-14-20(27)28-22-25/h1-4,14,16-17H,5-13H2/p+1/t17-/m1/s1. The highest BCUT2D eigenvalue weighted by Gasteiger charge is 2.33. The van der Waals surface area contributed by atoms with E-state index in [2.05, 4.69) is 26.8 Å². The van der Waals surface area contributed by atoms with Crippen molar-refractivity contribution in [1.82, 2.24) is 15.1 Å². The molecular formula is C20H26ClN4O3+. The van der Waals surface area contributed by atoms with Gasteiger partial charge in [-0.15, -0.1) is 0 Å². The van der Waals surface area contributed by atoms with Crippen molar-refractivity contribution in [3.63, 3.8) is 0 Å². The predicted octanol–water partition coefficient (Wildman–Crippen LogP) is 1.67. The third-order valence-electron chi connectivity index (χ3n) is 6.02. The van der Waals surface area contributed by atoms with Gasteiger partial charge in [-0.25, -0.2) is 4.79 Å². The average Bonchev–Trinajstić information content (AvgIpc) is 3.33. The van der Waals surface area contributed by atoms with Crippen LogP contribution in [0.25, 0.3) is 0 Å². The van der Waals surface area contributed by atoms with Crippen LogP contribution in [0.4, 0.5) is 0 Å². The molecule has 1 amide bonds. The minimum atomic E-state index is -0.476. The highest BCUT2D eigenvalue weighted by Crippen LogP contribution is 2.32. The van der Waals surface area contributed by atoms with Crippen molar-refractivity contribution in [2.45, 2.75) is 32.4 Å². The smallest absolute Gasteiger partial charge is 0.337 e. The van der Waals surface area contributed by atoms with Crippen molar-refractivity contribution in [2.75, 3.05) is 26.2 Å². The highest BCUT2D eigenvalue weighted by molar-refractivity contribution is 6.30. The lowest BCUT2D eigenvalue weighted by Gasteiger charge is -2.34. The van der Waals surface area contributed by atoms with Crippen LogP contribution in [0.15, 0.2) is 39.8 Å². The fourth-order valence-corrected chi connectivity index (χ4v) is 4.59. The van der Waals surface area contributed by atoms with Crippen LogP contribution in [0.5, 0.6) is 0 Å². The van der Waals surface area contributed by atoms with Gasteiger partial charge in [0.2, 0.25) is 0 Å². The minimum Gasteiger partial charge on any atom is -0.337 e. The number of nitrogens with zero attached hydrogens (tertiary/aromatic N) is 3. The topological polar surface area (TPSA) is 73.4 Å². The molecule has 150 valence electrons. The summed E-state index contributed by atoms with van der Waals surface area (Å²) in [5.74, 6) is 1.42. The molecule has 2 saturated heterocycles. The van der Waals surface area contributed by atoms with Gasteiger partial charge in [0.25, 0.3) is 18.6 Å². The lowest BCUT2D eigenvalue weighted by molar-refractivity contribution is -0.751. The highest BCUT2D eigenvalue weighted by atomic mass is 35.5. The SMILES string of the molecule is O=C(C[n+]1cc(=O)o[nH]1)N1CCC([C@@H]2CCN(Cc3ccc(Cl)cc3)C2)CC1. The van der Waals surface area contributed by atoms with E-state index in [1.54, 1.807) is 0 Å².